The van der Waals surface area contributed by atoms with Gasteiger partial charge in [0, 0.05) is 31.3 Å². The molecule has 5 nitrogen and oxygen atoms in total. The molecule has 96 valence electrons. The van der Waals surface area contributed by atoms with Gasteiger partial charge in [0.15, 0.2) is 0 Å². The van der Waals surface area contributed by atoms with E-state index in [9.17, 15) is 9.59 Å². The lowest BCUT2D eigenvalue weighted by Crippen LogP contribution is -2.25. The predicted molar refractivity (Wildman–Crippen MR) is 66.9 cm³/mol. The van der Waals surface area contributed by atoms with Gasteiger partial charge in [-0.25, -0.2) is 0 Å². The molecule has 1 aromatic rings. The third-order valence-corrected chi connectivity index (χ3v) is 2.92. The molecule has 1 heterocycles. The van der Waals surface area contributed by atoms with E-state index < -0.39 is 0 Å². The number of para-hydroxylation sites is 1. The van der Waals surface area contributed by atoms with Crippen molar-refractivity contribution in [2.75, 3.05) is 19.0 Å². The van der Waals surface area contributed by atoms with E-state index in [1.165, 1.54) is 0 Å². The van der Waals surface area contributed by atoms with Crippen LogP contribution >= 0.6 is 0 Å². The average molecular weight is 248 g/mol. The lowest BCUT2D eigenvalue weighted by atomic mass is 10.1. The van der Waals surface area contributed by atoms with Gasteiger partial charge >= 0.3 is 0 Å². The number of rotatable bonds is 4. The summed E-state index contributed by atoms with van der Waals surface area (Å²) in [6, 6.07) is 7.48. The van der Waals surface area contributed by atoms with Gasteiger partial charge in [-0.2, -0.15) is 0 Å². The molecule has 0 radical (unpaired) electrons. The fourth-order valence-electron chi connectivity index (χ4n) is 1.95. The zero-order valence-electron chi connectivity index (χ0n) is 10.2. The molecule has 5 heteroatoms. The second kappa shape index (κ2) is 5.64. The van der Waals surface area contributed by atoms with Crippen molar-refractivity contribution >= 4 is 17.5 Å². The van der Waals surface area contributed by atoms with E-state index in [0.717, 1.165) is 11.3 Å². The Morgan fingerprint density at radius 3 is 2.94 bits per heavy atom. The Morgan fingerprint density at radius 1 is 1.50 bits per heavy atom. The van der Waals surface area contributed by atoms with Crippen LogP contribution in [-0.2, 0) is 20.9 Å². The average Bonchev–Trinajstić information content (AvgIpc) is 2.79. The molecule has 2 rings (SSSR count). The Morgan fingerprint density at radius 2 is 2.28 bits per heavy atom. The Labute approximate surface area is 106 Å². The lowest BCUT2D eigenvalue weighted by Gasteiger charge is -2.12. The molecule has 1 aliphatic heterocycles. The number of methoxy groups -OCH3 is 1. The van der Waals surface area contributed by atoms with Crippen LogP contribution in [0.3, 0.4) is 0 Å². The molecule has 1 saturated heterocycles. The highest BCUT2D eigenvalue weighted by Crippen LogP contribution is 2.18. The largest absolute Gasteiger partial charge is 0.380 e. The van der Waals surface area contributed by atoms with Crippen LogP contribution < -0.4 is 10.6 Å². The Bertz CT molecular complexity index is 459. The summed E-state index contributed by atoms with van der Waals surface area (Å²) in [7, 11) is 1.61. The number of anilines is 1. The Balaban J connectivity index is 2.04. The monoisotopic (exact) mass is 248 g/mol. The summed E-state index contributed by atoms with van der Waals surface area (Å²) in [4.78, 5) is 23.0. The molecule has 0 bridgehead atoms. The molecule has 2 N–H and O–H groups in total. The van der Waals surface area contributed by atoms with E-state index in [1.807, 2.05) is 24.3 Å². The first-order valence-corrected chi connectivity index (χ1v) is 5.85. The summed E-state index contributed by atoms with van der Waals surface area (Å²) in [6.07, 6.45) is 0.262. The number of amides is 2. The van der Waals surface area contributed by atoms with E-state index in [1.54, 1.807) is 7.11 Å². The van der Waals surface area contributed by atoms with E-state index in [-0.39, 0.29) is 24.2 Å². The fraction of sp³-hybridized carbons (Fsp3) is 0.385. The van der Waals surface area contributed by atoms with Crippen molar-refractivity contribution in [3.8, 4) is 0 Å². The predicted octanol–water partition coefficient (Wildman–Crippen LogP) is 0.908. The quantitative estimate of drug-likeness (QED) is 0.832. The third kappa shape index (κ3) is 2.87. The van der Waals surface area contributed by atoms with Gasteiger partial charge in [-0.05, 0) is 6.07 Å². The molecule has 1 unspecified atom stereocenters. The first-order valence-electron chi connectivity index (χ1n) is 5.85. The molecule has 1 atom stereocenters. The molecule has 0 spiro atoms. The highest BCUT2D eigenvalue weighted by molar-refractivity contribution is 5.97. The zero-order valence-corrected chi connectivity index (χ0v) is 10.2. The third-order valence-electron chi connectivity index (χ3n) is 2.92. The number of ether oxygens (including phenoxy) is 1. The Hall–Kier alpha value is -1.88. The maximum Gasteiger partial charge on any atom is 0.229 e. The maximum absolute atomic E-state index is 12.0. The Kier molecular flexibility index (Phi) is 3.94. The van der Waals surface area contributed by atoms with Gasteiger partial charge in [-0.1, -0.05) is 18.2 Å². The van der Waals surface area contributed by atoms with E-state index in [2.05, 4.69) is 10.6 Å². The van der Waals surface area contributed by atoms with Crippen molar-refractivity contribution in [2.24, 2.45) is 5.92 Å². The number of carbonyl (C=O) groups excluding carboxylic acids is 2. The van der Waals surface area contributed by atoms with E-state index in [4.69, 9.17) is 4.74 Å². The molecular weight excluding hydrogens is 232 g/mol. The lowest BCUT2D eigenvalue weighted by molar-refractivity contribution is -0.123. The van der Waals surface area contributed by atoms with Crippen LogP contribution in [0.5, 0.6) is 0 Å². The minimum atomic E-state index is -0.284. The summed E-state index contributed by atoms with van der Waals surface area (Å²) in [5, 5.41) is 5.50. The molecule has 0 saturated carbocycles. The van der Waals surface area contributed by atoms with Crippen LogP contribution in [0.1, 0.15) is 12.0 Å². The summed E-state index contributed by atoms with van der Waals surface area (Å²) < 4.78 is 5.07. The second-order valence-electron chi connectivity index (χ2n) is 4.28. The van der Waals surface area contributed by atoms with Gasteiger partial charge in [0.05, 0.1) is 12.5 Å². The fourth-order valence-corrected chi connectivity index (χ4v) is 1.95. The van der Waals surface area contributed by atoms with Crippen LogP contribution in [-0.4, -0.2) is 25.5 Å². The normalized spacial score (nSPS) is 18.5. The van der Waals surface area contributed by atoms with Crippen LogP contribution in [0.2, 0.25) is 0 Å². The van der Waals surface area contributed by atoms with E-state index in [0.29, 0.717) is 13.2 Å². The van der Waals surface area contributed by atoms with Crippen molar-refractivity contribution < 1.29 is 14.3 Å². The van der Waals surface area contributed by atoms with Crippen LogP contribution in [0.25, 0.3) is 0 Å². The number of carbonyl (C=O) groups is 2. The number of hydrogen-bond acceptors (Lipinski definition) is 3. The topological polar surface area (TPSA) is 67.4 Å². The van der Waals surface area contributed by atoms with Crippen molar-refractivity contribution in [2.45, 2.75) is 13.0 Å². The number of hydrogen-bond donors (Lipinski definition) is 2. The first-order chi connectivity index (χ1) is 8.70. The zero-order chi connectivity index (χ0) is 13.0. The van der Waals surface area contributed by atoms with Crippen molar-refractivity contribution in [1.29, 1.82) is 0 Å². The van der Waals surface area contributed by atoms with Gasteiger partial charge < -0.3 is 15.4 Å². The first kappa shape index (κ1) is 12.6. The molecule has 0 aromatic heterocycles. The van der Waals surface area contributed by atoms with Gasteiger partial charge in [0.25, 0.3) is 0 Å². The molecule has 18 heavy (non-hydrogen) atoms. The van der Waals surface area contributed by atoms with Crippen molar-refractivity contribution in [3.63, 3.8) is 0 Å². The summed E-state index contributed by atoms with van der Waals surface area (Å²) in [6.45, 7) is 0.857. The summed E-state index contributed by atoms with van der Waals surface area (Å²) in [5.41, 5.74) is 1.66. The highest BCUT2D eigenvalue weighted by atomic mass is 16.5. The van der Waals surface area contributed by atoms with Gasteiger partial charge in [-0.15, -0.1) is 0 Å². The molecule has 0 aliphatic carbocycles. The van der Waals surface area contributed by atoms with Crippen LogP contribution in [0.15, 0.2) is 24.3 Å². The van der Waals surface area contributed by atoms with Crippen LogP contribution in [0, 0.1) is 5.92 Å². The summed E-state index contributed by atoms with van der Waals surface area (Å²) in [5.74, 6) is -0.481. The standard InChI is InChI=1S/C13H16N2O3/c1-18-8-9-4-2-3-5-11(9)15-13(17)10-6-12(16)14-7-10/h2-5,10H,6-8H2,1H3,(H,14,16)(H,15,17). The smallest absolute Gasteiger partial charge is 0.229 e. The second-order valence-corrected chi connectivity index (χ2v) is 4.28. The van der Waals surface area contributed by atoms with Gasteiger partial charge in [0.2, 0.25) is 11.8 Å². The summed E-state index contributed by atoms with van der Waals surface area (Å²) >= 11 is 0. The molecular formula is C13H16N2O3. The van der Waals surface area contributed by atoms with Gasteiger partial charge in [0.1, 0.15) is 0 Å². The number of benzene rings is 1. The molecule has 2 amide bonds. The number of nitrogens with one attached hydrogen (secondary N) is 2. The van der Waals surface area contributed by atoms with Crippen molar-refractivity contribution in [1.82, 2.24) is 5.32 Å². The molecule has 1 fully saturated rings. The van der Waals surface area contributed by atoms with Crippen LogP contribution in [0.4, 0.5) is 5.69 Å². The van der Waals surface area contributed by atoms with Gasteiger partial charge in [-0.3, -0.25) is 9.59 Å². The van der Waals surface area contributed by atoms with Crippen molar-refractivity contribution in [3.05, 3.63) is 29.8 Å². The van der Waals surface area contributed by atoms with E-state index >= 15 is 0 Å². The molecule has 1 aliphatic rings. The SMILES string of the molecule is COCc1ccccc1NC(=O)C1CNC(=O)C1. The minimum Gasteiger partial charge on any atom is -0.380 e. The molecule has 1 aromatic carbocycles. The highest BCUT2D eigenvalue weighted by Gasteiger charge is 2.28. The minimum absolute atomic E-state index is 0.0691. The maximum atomic E-state index is 12.0.